The van der Waals surface area contributed by atoms with Gasteiger partial charge in [0, 0.05) is 30.6 Å². The van der Waals surface area contributed by atoms with Gasteiger partial charge in [0.15, 0.2) is 0 Å². The standard InChI is InChI=1S/C19H28N4O4S2.C9H18.C3H7NO2.C2H6/c1-19(2,3)16(11-22-10-14-15(29(22)27)6-8-28-14)21-18(26)20-9-17(25)23-7-4-5-13(23)12-24;1-3-5-7-9-8-6-4-2;1-4-2-3(5)6;1-2/h6,8,12-13,16H,4-5,7,9-11H2,1-3H3,(H2,20,21,26);5,7H,3-4,6,8-9H2,1-2H3;4H,2H2,1H3,(H,5,6);1-2H3/b;7-5-;;/t13-,16?,29?;;;/m0.../s1. The first-order valence-corrected chi connectivity index (χ1v) is 18.4. The van der Waals surface area contributed by atoms with E-state index >= 15 is 0 Å². The van der Waals surface area contributed by atoms with Gasteiger partial charge in [0.1, 0.15) is 17.3 Å². The molecule has 4 N–H and O–H groups in total. The van der Waals surface area contributed by atoms with Gasteiger partial charge in [-0.15, -0.1) is 11.3 Å². The maximum atomic E-state index is 12.7. The number of fused-ring (bicyclic) bond motifs is 1. The molecule has 0 aliphatic carbocycles. The van der Waals surface area contributed by atoms with Gasteiger partial charge in [0.2, 0.25) is 5.91 Å². The lowest BCUT2D eigenvalue weighted by molar-refractivity contribution is -0.136. The molecule has 2 aliphatic rings. The largest absolute Gasteiger partial charge is 0.480 e. The Morgan fingerprint density at radius 3 is 2.37 bits per heavy atom. The SMILES string of the molecule is CC.CC(C)(C)C(CN1Cc2sccc2S1=O)NC(=O)NCC(=O)N1CCC[C@H]1C=O.CC/C=C\CCCCC.CNCC(=O)O. The molecule has 0 aromatic carbocycles. The molecule has 1 aromatic heterocycles. The lowest BCUT2D eigenvalue weighted by Crippen LogP contribution is -2.54. The zero-order valence-corrected chi connectivity index (χ0v) is 30.9. The number of likely N-dealkylation sites (tertiary alicyclic amines) is 1. The van der Waals surface area contributed by atoms with Crippen LogP contribution in [0, 0.1) is 5.41 Å². The predicted molar refractivity (Wildman–Crippen MR) is 188 cm³/mol. The maximum absolute atomic E-state index is 12.7. The number of allylic oxidation sites excluding steroid dienone is 2. The number of carbonyl (C=O) groups excluding carboxylic acids is 3. The van der Waals surface area contributed by atoms with E-state index in [4.69, 9.17) is 5.11 Å². The second-order valence-corrected chi connectivity index (χ2v) is 14.2. The summed E-state index contributed by atoms with van der Waals surface area (Å²) >= 11 is 1.59. The number of thiophene rings is 1. The van der Waals surface area contributed by atoms with Crippen LogP contribution in [0.25, 0.3) is 0 Å². The van der Waals surface area contributed by atoms with Crippen LogP contribution in [-0.2, 0) is 31.9 Å². The normalized spacial score (nSPS) is 17.8. The summed E-state index contributed by atoms with van der Waals surface area (Å²) in [6.07, 6.45) is 13.3. The molecule has 0 spiro atoms. The van der Waals surface area contributed by atoms with Crippen LogP contribution in [-0.4, -0.2) is 88.0 Å². The monoisotopic (exact) mass is 685 g/mol. The Balaban J connectivity index is 0.000000984. The third kappa shape index (κ3) is 16.8. The van der Waals surface area contributed by atoms with Gasteiger partial charge < -0.3 is 30.8 Å². The molecule has 11 nitrogen and oxygen atoms in total. The smallest absolute Gasteiger partial charge is 0.317 e. The van der Waals surface area contributed by atoms with Crippen molar-refractivity contribution in [2.45, 2.75) is 117 Å². The summed E-state index contributed by atoms with van der Waals surface area (Å²) < 4.78 is 14.5. The maximum Gasteiger partial charge on any atom is 0.317 e. The second kappa shape index (κ2) is 24.5. The second-order valence-electron chi connectivity index (χ2n) is 11.8. The molecule has 0 bridgehead atoms. The van der Waals surface area contributed by atoms with Crippen molar-refractivity contribution in [1.29, 1.82) is 0 Å². The van der Waals surface area contributed by atoms with Crippen LogP contribution in [0.5, 0.6) is 0 Å². The molecule has 3 heterocycles. The number of likely N-dealkylation sites (N-methyl/N-ethyl adjacent to an activating group) is 1. The highest BCUT2D eigenvalue weighted by atomic mass is 32.2. The van der Waals surface area contributed by atoms with Gasteiger partial charge in [0.25, 0.3) is 0 Å². The van der Waals surface area contributed by atoms with Crippen molar-refractivity contribution >= 4 is 46.5 Å². The molecule has 0 radical (unpaired) electrons. The molecule has 3 amide bonds. The van der Waals surface area contributed by atoms with Gasteiger partial charge in [0.05, 0.1) is 24.0 Å². The zero-order chi connectivity index (χ0) is 35.1. The molecular weight excluding hydrogens is 627 g/mol. The third-order valence-electron chi connectivity index (χ3n) is 7.07. The fourth-order valence-corrected chi connectivity index (χ4v) is 7.05. The van der Waals surface area contributed by atoms with E-state index in [0.717, 1.165) is 22.5 Å². The van der Waals surface area contributed by atoms with E-state index in [1.54, 1.807) is 18.4 Å². The van der Waals surface area contributed by atoms with Crippen LogP contribution < -0.4 is 16.0 Å². The van der Waals surface area contributed by atoms with Crippen LogP contribution >= 0.6 is 11.3 Å². The fourth-order valence-electron chi connectivity index (χ4n) is 4.49. The number of hydrogen-bond donors (Lipinski definition) is 4. The van der Waals surface area contributed by atoms with Crippen molar-refractivity contribution in [2.75, 3.05) is 33.2 Å². The molecule has 0 saturated carbocycles. The number of rotatable bonds is 13. The van der Waals surface area contributed by atoms with Crippen LogP contribution in [0.3, 0.4) is 0 Å². The number of nitrogens with one attached hydrogen (secondary N) is 3. The van der Waals surface area contributed by atoms with Crippen molar-refractivity contribution in [3.63, 3.8) is 0 Å². The quantitative estimate of drug-likeness (QED) is 0.125. The van der Waals surface area contributed by atoms with E-state index in [2.05, 4.69) is 41.9 Å². The molecule has 2 unspecified atom stereocenters. The molecule has 2 aliphatic heterocycles. The van der Waals surface area contributed by atoms with Crippen LogP contribution in [0.4, 0.5) is 4.79 Å². The minimum Gasteiger partial charge on any atom is -0.480 e. The van der Waals surface area contributed by atoms with Crippen LogP contribution in [0.1, 0.15) is 98.3 Å². The topological polar surface area (TPSA) is 148 Å². The summed E-state index contributed by atoms with van der Waals surface area (Å²) in [5, 5.41) is 17.8. The number of carbonyl (C=O) groups is 4. The van der Waals surface area contributed by atoms with E-state index in [-0.39, 0.29) is 36.5 Å². The number of hydrogen-bond acceptors (Lipinski definition) is 7. The zero-order valence-electron chi connectivity index (χ0n) is 29.2. The van der Waals surface area contributed by atoms with Crippen molar-refractivity contribution in [1.82, 2.24) is 25.2 Å². The Bertz CT molecular complexity index is 1090. The summed E-state index contributed by atoms with van der Waals surface area (Å²) in [5.41, 5.74) is -0.265. The first kappa shape index (κ1) is 43.4. The van der Waals surface area contributed by atoms with Gasteiger partial charge in [-0.3, -0.25) is 9.59 Å². The Morgan fingerprint density at radius 1 is 1.15 bits per heavy atom. The number of amides is 3. The van der Waals surface area contributed by atoms with Gasteiger partial charge in [-0.05, 0) is 56.0 Å². The molecule has 3 rings (SSSR count). The average molecular weight is 686 g/mol. The number of nitrogens with zero attached hydrogens (tertiary/aromatic N) is 2. The van der Waals surface area contributed by atoms with Gasteiger partial charge >= 0.3 is 12.0 Å². The van der Waals surface area contributed by atoms with Crippen molar-refractivity contribution in [3.05, 3.63) is 28.5 Å². The average Bonchev–Trinajstić information content (AvgIpc) is 3.75. The summed E-state index contributed by atoms with van der Waals surface area (Å²) in [5.74, 6) is -1.08. The highest BCUT2D eigenvalue weighted by Gasteiger charge is 2.35. The van der Waals surface area contributed by atoms with Gasteiger partial charge in [-0.2, -0.15) is 0 Å². The van der Waals surface area contributed by atoms with E-state index in [0.29, 0.717) is 26.1 Å². The molecule has 1 aromatic rings. The summed E-state index contributed by atoms with van der Waals surface area (Å²) in [7, 11) is 0.377. The molecule has 264 valence electrons. The van der Waals surface area contributed by atoms with E-state index in [1.165, 1.54) is 37.0 Å². The van der Waals surface area contributed by atoms with Crippen LogP contribution in [0.15, 0.2) is 28.5 Å². The number of aldehydes is 1. The van der Waals surface area contributed by atoms with E-state index < -0.39 is 23.0 Å². The third-order valence-corrected chi connectivity index (χ3v) is 9.61. The fraction of sp³-hybridized carbons (Fsp3) is 0.697. The Kier molecular flexibility index (Phi) is 23.2. The summed E-state index contributed by atoms with van der Waals surface area (Å²) in [6, 6.07) is 0.796. The number of urea groups is 1. The molecule has 1 fully saturated rings. The Morgan fingerprint density at radius 2 is 1.85 bits per heavy atom. The molecule has 46 heavy (non-hydrogen) atoms. The first-order chi connectivity index (χ1) is 21.9. The van der Waals surface area contributed by atoms with Crippen LogP contribution in [0.2, 0.25) is 0 Å². The summed E-state index contributed by atoms with van der Waals surface area (Å²) in [4.78, 5) is 48.8. The Hall–Kier alpha value is -2.61. The minimum absolute atomic E-state index is 0.0417. The highest BCUT2D eigenvalue weighted by molar-refractivity contribution is 7.83. The molecular formula is C33H59N5O6S2. The number of unbranched alkanes of at least 4 members (excludes halogenated alkanes) is 3. The lowest BCUT2D eigenvalue weighted by atomic mass is 9.86. The predicted octanol–water partition coefficient (Wildman–Crippen LogP) is 5.34. The van der Waals surface area contributed by atoms with Crippen molar-refractivity contribution < 1.29 is 28.5 Å². The van der Waals surface area contributed by atoms with Crippen molar-refractivity contribution in [2.24, 2.45) is 5.41 Å². The summed E-state index contributed by atoms with van der Waals surface area (Å²) in [6.45, 7) is 15.9. The molecule has 3 atom stereocenters. The number of aliphatic carboxylic acids is 1. The van der Waals surface area contributed by atoms with Gasteiger partial charge in [-0.1, -0.05) is 73.5 Å². The lowest BCUT2D eigenvalue weighted by Gasteiger charge is -2.34. The number of carboxylic acid groups (broad SMARTS) is 1. The molecule has 13 heteroatoms. The van der Waals surface area contributed by atoms with E-state index in [9.17, 15) is 23.4 Å². The number of carboxylic acids is 1. The Labute approximate surface area is 283 Å². The highest BCUT2D eigenvalue weighted by Crippen LogP contribution is 2.32. The van der Waals surface area contributed by atoms with Crippen molar-refractivity contribution in [3.8, 4) is 0 Å². The molecule has 1 saturated heterocycles. The first-order valence-electron chi connectivity index (χ1n) is 16.4. The minimum atomic E-state index is -1.21. The van der Waals surface area contributed by atoms with Gasteiger partial charge in [-0.25, -0.2) is 13.3 Å². The van der Waals surface area contributed by atoms with E-state index in [1.807, 2.05) is 50.4 Å².